The maximum Gasteiger partial charge on any atom is 0.185 e. The van der Waals surface area contributed by atoms with Gasteiger partial charge in [0.05, 0.1) is 0 Å². The van der Waals surface area contributed by atoms with Gasteiger partial charge < -0.3 is 9.80 Å². The summed E-state index contributed by atoms with van der Waals surface area (Å²) in [6.07, 6.45) is -0.601. The third kappa shape index (κ3) is 3.05. The number of hydrogen-bond donors (Lipinski definition) is 2. The fourth-order valence-electron chi connectivity index (χ4n) is 2.92. The zero-order chi connectivity index (χ0) is 17.3. The number of nitrogens with two attached hydrogens (primary N) is 1. The molecule has 0 saturated carbocycles. The first kappa shape index (κ1) is 16.6. The molecule has 126 valence electrons. The van der Waals surface area contributed by atoms with E-state index in [1.807, 2.05) is 6.92 Å². The summed E-state index contributed by atoms with van der Waals surface area (Å²) in [4.78, 5) is 8.68. The van der Waals surface area contributed by atoms with Gasteiger partial charge in [0.1, 0.15) is 23.3 Å². The smallest absolute Gasteiger partial charge is 0.185 e. The van der Waals surface area contributed by atoms with Crippen LogP contribution in [0.4, 0.5) is 10.1 Å². The van der Waals surface area contributed by atoms with Crippen molar-refractivity contribution in [1.29, 1.82) is 5.26 Å². The highest BCUT2D eigenvalue weighted by molar-refractivity contribution is 7.77. The van der Waals surface area contributed by atoms with Crippen LogP contribution in [0.2, 0.25) is 0 Å². The second-order valence-electron chi connectivity index (χ2n) is 5.73. The van der Waals surface area contributed by atoms with Crippen LogP contribution >= 0.6 is 12.8 Å². The summed E-state index contributed by atoms with van der Waals surface area (Å²) in [7, 11) is 0. The first-order valence-corrected chi connectivity index (χ1v) is 8.09. The van der Waals surface area contributed by atoms with Gasteiger partial charge in [-0.25, -0.2) is 9.38 Å². The molecular weight excluding hydrogens is 327 g/mol. The second kappa shape index (κ2) is 6.71. The lowest BCUT2D eigenvalue weighted by atomic mass is 10.1. The van der Waals surface area contributed by atoms with Crippen molar-refractivity contribution in [3.63, 3.8) is 0 Å². The summed E-state index contributed by atoms with van der Waals surface area (Å²) in [6, 6.07) is 8.70. The van der Waals surface area contributed by atoms with Crippen molar-refractivity contribution in [3.05, 3.63) is 41.4 Å². The Morgan fingerprint density at radius 2 is 1.79 bits per heavy atom. The topological polar surface area (TPSA) is 71.9 Å². The van der Waals surface area contributed by atoms with Crippen molar-refractivity contribution < 1.29 is 4.39 Å². The standard InChI is InChI=1S/C16H19FN6S/c1-11-14(10-18)15(20-16(19)23(11)24)22-8-6-21(7-9-22)13-4-2-12(17)3-5-13/h2-5,16,24H,6-9,19H2,1H3. The highest BCUT2D eigenvalue weighted by atomic mass is 32.1. The average Bonchev–Trinajstić information content (AvgIpc) is 2.60. The van der Waals surface area contributed by atoms with Crippen LogP contribution in [0, 0.1) is 17.1 Å². The quantitative estimate of drug-likeness (QED) is 0.755. The van der Waals surface area contributed by atoms with Gasteiger partial charge >= 0.3 is 0 Å². The molecule has 1 aromatic carbocycles. The molecule has 0 amide bonds. The van der Waals surface area contributed by atoms with Gasteiger partial charge in [0.2, 0.25) is 0 Å². The first-order chi connectivity index (χ1) is 11.5. The Labute approximate surface area is 146 Å². The van der Waals surface area contributed by atoms with Crippen molar-refractivity contribution in [1.82, 2.24) is 9.21 Å². The van der Waals surface area contributed by atoms with Crippen molar-refractivity contribution in [2.45, 2.75) is 13.2 Å². The van der Waals surface area contributed by atoms with Gasteiger partial charge in [0, 0.05) is 37.6 Å². The fraction of sp³-hybridized carbons (Fsp3) is 0.375. The monoisotopic (exact) mass is 346 g/mol. The molecule has 0 spiro atoms. The molecular formula is C16H19FN6S. The van der Waals surface area contributed by atoms with Crippen molar-refractivity contribution in [2.24, 2.45) is 10.7 Å². The van der Waals surface area contributed by atoms with Crippen LogP contribution in [0.1, 0.15) is 6.92 Å². The minimum Gasteiger partial charge on any atom is -0.368 e. The van der Waals surface area contributed by atoms with Gasteiger partial charge in [-0.05, 0) is 31.2 Å². The predicted molar refractivity (Wildman–Crippen MR) is 94.7 cm³/mol. The number of aliphatic imine (C=N–C) groups is 1. The van der Waals surface area contributed by atoms with Crippen molar-refractivity contribution in [3.8, 4) is 6.07 Å². The molecule has 2 heterocycles. The lowest BCUT2D eigenvalue weighted by Crippen LogP contribution is -2.51. The number of nitriles is 1. The summed E-state index contributed by atoms with van der Waals surface area (Å²) in [5.41, 5.74) is 8.16. The highest BCUT2D eigenvalue weighted by Gasteiger charge is 2.29. The molecule has 1 aromatic rings. The molecule has 2 N–H and O–H groups in total. The number of allylic oxidation sites excluding steroid dienone is 1. The molecule has 0 aromatic heterocycles. The molecule has 2 aliphatic rings. The number of anilines is 1. The van der Waals surface area contributed by atoms with Crippen molar-refractivity contribution in [2.75, 3.05) is 31.1 Å². The minimum absolute atomic E-state index is 0.237. The summed E-state index contributed by atoms with van der Waals surface area (Å²) < 4.78 is 14.5. The van der Waals surface area contributed by atoms with E-state index in [2.05, 4.69) is 33.7 Å². The second-order valence-corrected chi connectivity index (χ2v) is 6.16. The van der Waals surface area contributed by atoms with Gasteiger partial charge in [0.15, 0.2) is 6.29 Å². The van der Waals surface area contributed by atoms with Crippen LogP contribution in [0.15, 0.2) is 40.5 Å². The van der Waals surface area contributed by atoms with Crippen LogP contribution in [-0.2, 0) is 0 Å². The molecule has 2 aliphatic heterocycles. The van der Waals surface area contributed by atoms with E-state index in [0.717, 1.165) is 18.8 Å². The van der Waals surface area contributed by atoms with E-state index in [1.54, 1.807) is 12.1 Å². The Morgan fingerprint density at radius 1 is 1.21 bits per heavy atom. The number of amidine groups is 1. The van der Waals surface area contributed by atoms with Crippen LogP contribution in [-0.4, -0.2) is 47.5 Å². The Kier molecular flexibility index (Phi) is 4.64. The van der Waals surface area contributed by atoms with E-state index in [-0.39, 0.29) is 5.82 Å². The number of benzene rings is 1. The van der Waals surface area contributed by atoms with E-state index in [0.29, 0.717) is 30.2 Å². The number of halogens is 1. The zero-order valence-corrected chi connectivity index (χ0v) is 14.2. The Bertz CT molecular complexity index is 715. The number of nitrogens with zero attached hydrogens (tertiary/aromatic N) is 5. The molecule has 1 unspecified atom stereocenters. The Hall–Kier alpha value is -2.24. The maximum atomic E-state index is 13.0. The largest absolute Gasteiger partial charge is 0.368 e. The molecule has 0 bridgehead atoms. The van der Waals surface area contributed by atoms with Gasteiger partial charge in [0.25, 0.3) is 0 Å². The maximum absolute atomic E-state index is 13.0. The molecule has 3 rings (SSSR count). The van der Waals surface area contributed by atoms with Gasteiger partial charge in [-0.1, -0.05) is 12.8 Å². The SMILES string of the molecule is CC1=C(C#N)C(N2CCN(c3ccc(F)cc3)CC2)=NC(N)N1S. The molecule has 24 heavy (non-hydrogen) atoms. The molecule has 8 heteroatoms. The Morgan fingerprint density at radius 3 is 2.38 bits per heavy atom. The summed E-state index contributed by atoms with van der Waals surface area (Å²) >= 11 is 4.27. The molecule has 0 aliphatic carbocycles. The predicted octanol–water partition coefficient (Wildman–Crippen LogP) is 1.55. The van der Waals surface area contributed by atoms with Crippen LogP contribution in [0.25, 0.3) is 0 Å². The summed E-state index contributed by atoms with van der Waals surface area (Å²) in [5, 5.41) is 9.46. The van der Waals surface area contributed by atoms with Gasteiger partial charge in [-0.15, -0.1) is 0 Å². The number of piperazine rings is 1. The van der Waals surface area contributed by atoms with Crippen molar-refractivity contribution >= 4 is 24.3 Å². The van der Waals surface area contributed by atoms with Crippen LogP contribution in [0.3, 0.4) is 0 Å². The molecule has 1 fully saturated rings. The minimum atomic E-state index is -0.601. The number of thiol groups is 1. The van der Waals surface area contributed by atoms with Gasteiger partial charge in [-0.3, -0.25) is 10.0 Å². The van der Waals surface area contributed by atoms with E-state index < -0.39 is 6.29 Å². The van der Waals surface area contributed by atoms with E-state index in [9.17, 15) is 9.65 Å². The molecule has 0 radical (unpaired) electrons. The van der Waals surface area contributed by atoms with E-state index >= 15 is 0 Å². The summed E-state index contributed by atoms with van der Waals surface area (Å²) in [5.74, 6) is 0.394. The lowest BCUT2D eigenvalue weighted by Gasteiger charge is -2.40. The third-order valence-corrected chi connectivity index (χ3v) is 4.85. The normalized spacial score (nSPS) is 21.7. The van der Waals surface area contributed by atoms with Crippen LogP contribution in [0.5, 0.6) is 0 Å². The van der Waals surface area contributed by atoms with Crippen LogP contribution < -0.4 is 10.6 Å². The van der Waals surface area contributed by atoms with E-state index in [4.69, 9.17) is 5.73 Å². The fourth-order valence-corrected chi connectivity index (χ4v) is 3.07. The average molecular weight is 346 g/mol. The van der Waals surface area contributed by atoms with Gasteiger partial charge in [-0.2, -0.15) is 5.26 Å². The molecule has 6 nitrogen and oxygen atoms in total. The van der Waals surface area contributed by atoms with E-state index in [1.165, 1.54) is 16.4 Å². The number of rotatable bonds is 1. The number of hydrogen-bond acceptors (Lipinski definition) is 7. The highest BCUT2D eigenvalue weighted by Crippen LogP contribution is 2.24. The third-order valence-electron chi connectivity index (χ3n) is 4.32. The molecule has 1 saturated heterocycles. The molecule has 1 atom stereocenters. The lowest BCUT2D eigenvalue weighted by molar-refractivity contribution is 0.365. The first-order valence-electron chi connectivity index (χ1n) is 7.69. The Balaban J connectivity index is 1.73. The summed E-state index contributed by atoms with van der Waals surface area (Å²) in [6.45, 7) is 4.78. The zero-order valence-electron chi connectivity index (χ0n) is 13.4.